The Morgan fingerprint density at radius 1 is 1.50 bits per heavy atom. The summed E-state index contributed by atoms with van der Waals surface area (Å²) in [5.41, 5.74) is 6.51. The first-order valence-electron chi connectivity index (χ1n) is 6.18. The summed E-state index contributed by atoms with van der Waals surface area (Å²) in [6.45, 7) is 4.86. The van der Waals surface area contributed by atoms with Gasteiger partial charge in [-0.2, -0.15) is 0 Å². The molecule has 0 spiro atoms. The number of aromatic nitrogens is 1. The monoisotopic (exact) mass is 265 g/mol. The Kier molecular flexibility index (Phi) is 4.14. The number of hydrogen-bond acceptors (Lipinski definition) is 4. The van der Waals surface area contributed by atoms with E-state index in [0.29, 0.717) is 10.7 Å². The minimum Gasteiger partial charge on any atom is -0.388 e. The largest absolute Gasteiger partial charge is 0.388 e. The first-order chi connectivity index (χ1) is 8.59. The zero-order chi connectivity index (χ0) is 13.0. The molecule has 0 aromatic carbocycles. The van der Waals surface area contributed by atoms with E-state index in [2.05, 4.69) is 17.2 Å². The van der Waals surface area contributed by atoms with Gasteiger partial charge in [0.05, 0.1) is 5.69 Å². The number of nitrogens with two attached hydrogens (primary N) is 1. The van der Waals surface area contributed by atoms with Gasteiger partial charge in [0.25, 0.3) is 0 Å². The lowest BCUT2D eigenvalue weighted by Crippen LogP contribution is -2.33. The van der Waals surface area contributed by atoms with Gasteiger partial charge in [0.1, 0.15) is 10.8 Å². The second-order valence-corrected chi connectivity index (χ2v) is 5.49. The number of hydrogen-bond donors (Lipinski definition) is 2. The first-order valence-corrected chi connectivity index (χ1v) is 6.58. The minimum absolute atomic E-state index is 0.277. The summed E-state index contributed by atoms with van der Waals surface area (Å²) in [6, 6.07) is 5.67. The Morgan fingerprint density at radius 3 is 2.89 bits per heavy atom. The highest BCUT2D eigenvalue weighted by Gasteiger charge is 2.27. The molecule has 1 aliphatic rings. The molecule has 1 aromatic rings. The molecular weight excluding hydrogens is 246 g/mol. The summed E-state index contributed by atoms with van der Waals surface area (Å²) in [4.78, 5) is 4.71. The Bertz CT molecular complexity index is 430. The Balaban J connectivity index is 1.97. The quantitative estimate of drug-likeness (QED) is 0.815. The van der Waals surface area contributed by atoms with E-state index in [9.17, 15) is 0 Å². The molecule has 5 heteroatoms. The first kappa shape index (κ1) is 13.2. The smallest absolute Gasteiger partial charge is 0.126 e. The minimum atomic E-state index is 0.277. The van der Waals surface area contributed by atoms with E-state index in [1.54, 1.807) is 0 Å². The molecule has 0 amide bonds. The molecule has 1 aromatic heterocycles. The normalized spacial score (nSPS) is 18.3. The van der Waals surface area contributed by atoms with Crippen molar-refractivity contribution >= 4 is 23.0 Å². The van der Waals surface area contributed by atoms with Crippen molar-refractivity contribution in [2.45, 2.75) is 19.8 Å². The van der Waals surface area contributed by atoms with Crippen molar-refractivity contribution in [1.29, 1.82) is 0 Å². The second kappa shape index (κ2) is 5.63. The van der Waals surface area contributed by atoms with Gasteiger partial charge in [-0.1, -0.05) is 25.2 Å². The SMILES string of the molecule is CC1(CNc2cccc(C(N)=S)n2)CCOCC1. The van der Waals surface area contributed by atoms with Crippen molar-refractivity contribution in [3.63, 3.8) is 0 Å². The fraction of sp³-hybridized carbons (Fsp3) is 0.538. The van der Waals surface area contributed by atoms with E-state index in [0.717, 1.165) is 38.4 Å². The van der Waals surface area contributed by atoms with Crippen LogP contribution in [0.15, 0.2) is 18.2 Å². The highest BCUT2D eigenvalue weighted by atomic mass is 32.1. The van der Waals surface area contributed by atoms with Crippen LogP contribution in [0.5, 0.6) is 0 Å². The van der Waals surface area contributed by atoms with Gasteiger partial charge in [-0.05, 0) is 30.4 Å². The van der Waals surface area contributed by atoms with Crippen LogP contribution in [0.25, 0.3) is 0 Å². The average Bonchev–Trinajstić information content (AvgIpc) is 2.38. The molecule has 0 radical (unpaired) electrons. The molecule has 2 rings (SSSR count). The summed E-state index contributed by atoms with van der Waals surface area (Å²) in [5, 5.41) is 3.37. The molecule has 3 N–H and O–H groups in total. The highest BCUT2D eigenvalue weighted by Crippen LogP contribution is 2.29. The van der Waals surface area contributed by atoms with E-state index >= 15 is 0 Å². The molecule has 1 fully saturated rings. The third kappa shape index (κ3) is 3.40. The van der Waals surface area contributed by atoms with Crippen LogP contribution in [0, 0.1) is 5.41 Å². The van der Waals surface area contributed by atoms with Crippen LogP contribution in [0.1, 0.15) is 25.5 Å². The fourth-order valence-electron chi connectivity index (χ4n) is 2.02. The van der Waals surface area contributed by atoms with Crippen LogP contribution in [0.3, 0.4) is 0 Å². The van der Waals surface area contributed by atoms with E-state index < -0.39 is 0 Å². The fourth-order valence-corrected chi connectivity index (χ4v) is 2.13. The molecule has 0 aliphatic carbocycles. The molecule has 98 valence electrons. The lowest BCUT2D eigenvalue weighted by Gasteiger charge is -2.33. The molecule has 1 saturated heterocycles. The lowest BCUT2D eigenvalue weighted by atomic mass is 9.82. The van der Waals surface area contributed by atoms with Crippen molar-refractivity contribution in [3.05, 3.63) is 23.9 Å². The van der Waals surface area contributed by atoms with Crippen molar-refractivity contribution < 1.29 is 4.74 Å². The molecule has 2 heterocycles. The number of rotatable bonds is 4. The maximum Gasteiger partial charge on any atom is 0.126 e. The maximum atomic E-state index is 5.57. The van der Waals surface area contributed by atoms with Gasteiger partial charge in [0.15, 0.2) is 0 Å². The van der Waals surface area contributed by atoms with Gasteiger partial charge in [-0.15, -0.1) is 0 Å². The number of thiocarbonyl (C=S) groups is 1. The summed E-state index contributed by atoms with van der Waals surface area (Å²) in [6.07, 6.45) is 2.16. The van der Waals surface area contributed by atoms with E-state index in [4.69, 9.17) is 22.7 Å². The van der Waals surface area contributed by atoms with Crippen molar-refractivity contribution in [2.75, 3.05) is 25.1 Å². The van der Waals surface area contributed by atoms with Crippen LogP contribution in [0.2, 0.25) is 0 Å². The average molecular weight is 265 g/mol. The van der Waals surface area contributed by atoms with E-state index in [-0.39, 0.29) is 5.41 Å². The zero-order valence-corrected chi connectivity index (χ0v) is 11.4. The predicted octanol–water partition coefficient (Wildman–Crippen LogP) is 1.94. The van der Waals surface area contributed by atoms with Crippen molar-refractivity contribution in [2.24, 2.45) is 11.1 Å². The predicted molar refractivity (Wildman–Crippen MR) is 76.8 cm³/mol. The number of nitrogens with zero attached hydrogens (tertiary/aromatic N) is 1. The third-order valence-corrected chi connectivity index (χ3v) is 3.61. The summed E-state index contributed by atoms with van der Waals surface area (Å²) < 4.78 is 5.39. The van der Waals surface area contributed by atoms with Crippen LogP contribution in [-0.4, -0.2) is 29.7 Å². The van der Waals surface area contributed by atoms with Crippen LogP contribution in [-0.2, 0) is 4.74 Å². The molecule has 0 bridgehead atoms. The number of anilines is 1. The van der Waals surface area contributed by atoms with E-state index in [1.165, 1.54) is 0 Å². The Hall–Kier alpha value is -1.20. The van der Waals surface area contributed by atoms with Crippen LogP contribution in [0.4, 0.5) is 5.82 Å². The molecule has 1 aliphatic heterocycles. The maximum absolute atomic E-state index is 5.57. The summed E-state index contributed by atoms with van der Waals surface area (Å²) >= 11 is 4.92. The lowest BCUT2D eigenvalue weighted by molar-refractivity contribution is 0.0300. The molecule has 0 unspecified atom stereocenters. The Labute approximate surface area is 113 Å². The number of nitrogens with one attached hydrogen (secondary N) is 1. The highest BCUT2D eigenvalue weighted by molar-refractivity contribution is 7.80. The molecule has 0 atom stereocenters. The van der Waals surface area contributed by atoms with Gasteiger partial charge in [-0.25, -0.2) is 4.98 Å². The van der Waals surface area contributed by atoms with Gasteiger partial charge in [0.2, 0.25) is 0 Å². The van der Waals surface area contributed by atoms with Gasteiger partial charge in [-0.3, -0.25) is 0 Å². The van der Waals surface area contributed by atoms with Crippen LogP contribution >= 0.6 is 12.2 Å². The number of pyridine rings is 1. The second-order valence-electron chi connectivity index (χ2n) is 5.05. The van der Waals surface area contributed by atoms with Gasteiger partial charge in [0, 0.05) is 19.8 Å². The summed E-state index contributed by atoms with van der Waals surface area (Å²) in [7, 11) is 0. The van der Waals surface area contributed by atoms with Gasteiger partial charge >= 0.3 is 0 Å². The van der Waals surface area contributed by atoms with Crippen LogP contribution < -0.4 is 11.1 Å². The van der Waals surface area contributed by atoms with Gasteiger partial charge < -0.3 is 15.8 Å². The molecule has 18 heavy (non-hydrogen) atoms. The molecule has 4 nitrogen and oxygen atoms in total. The molecule has 0 saturated carbocycles. The van der Waals surface area contributed by atoms with Crippen molar-refractivity contribution in [3.8, 4) is 0 Å². The third-order valence-electron chi connectivity index (χ3n) is 3.40. The zero-order valence-electron chi connectivity index (χ0n) is 10.6. The summed E-state index contributed by atoms with van der Waals surface area (Å²) in [5.74, 6) is 0.827. The standard InChI is InChI=1S/C13H19N3OS/c1-13(5-7-17-8-6-13)9-15-11-4-2-3-10(16-11)12(14)18/h2-4H,5-9H2,1H3,(H2,14,18)(H,15,16). The number of ether oxygens (including phenoxy) is 1. The molecular formula is C13H19N3OS. The topological polar surface area (TPSA) is 60.2 Å². The van der Waals surface area contributed by atoms with E-state index in [1.807, 2.05) is 18.2 Å². The Morgan fingerprint density at radius 2 is 2.22 bits per heavy atom. The van der Waals surface area contributed by atoms with Crippen molar-refractivity contribution in [1.82, 2.24) is 4.98 Å².